The zero-order chi connectivity index (χ0) is 16.4. The lowest BCUT2D eigenvalue weighted by Gasteiger charge is -2.20. The molecule has 23 heavy (non-hydrogen) atoms. The summed E-state index contributed by atoms with van der Waals surface area (Å²) in [6.45, 7) is 5.68. The second-order valence-electron chi connectivity index (χ2n) is 5.51. The van der Waals surface area contributed by atoms with Gasteiger partial charge in [0.15, 0.2) is 0 Å². The van der Waals surface area contributed by atoms with Crippen molar-refractivity contribution < 1.29 is 8.42 Å². The van der Waals surface area contributed by atoms with E-state index in [0.29, 0.717) is 6.42 Å². The summed E-state index contributed by atoms with van der Waals surface area (Å²) < 4.78 is 26.9. The molecule has 2 aromatic rings. The maximum atomic E-state index is 12.9. The van der Waals surface area contributed by atoms with Crippen molar-refractivity contribution in [3.63, 3.8) is 0 Å². The molecule has 1 aliphatic heterocycles. The van der Waals surface area contributed by atoms with Crippen molar-refractivity contribution in [2.75, 3.05) is 0 Å². The predicted molar refractivity (Wildman–Crippen MR) is 91.8 cm³/mol. The summed E-state index contributed by atoms with van der Waals surface area (Å²) in [5.74, 6) is 0. The van der Waals surface area contributed by atoms with Gasteiger partial charge in [-0.2, -0.15) is 17.9 Å². The number of hydrogen-bond donors (Lipinski definition) is 0. The maximum Gasteiger partial charge on any atom is 0.279 e. The Balaban J connectivity index is 2.01. The van der Waals surface area contributed by atoms with Gasteiger partial charge in [-0.15, -0.1) is 6.58 Å². The van der Waals surface area contributed by atoms with Crippen LogP contribution in [0.25, 0.3) is 0 Å². The Morgan fingerprint density at radius 2 is 1.78 bits per heavy atom. The number of hydrazone groups is 1. The van der Waals surface area contributed by atoms with Crippen LogP contribution in [0.5, 0.6) is 0 Å². The van der Waals surface area contributed by atoms with Crippen LogP contribution in [0.2, 0.25) is 0 Å². The van der Waals surface area contributed by atoms with Crippen LogP contribution in [0.4, 0.5) is 0 Å². The fourth-order valence-corrected chi connectivity index (χ4v) is 3.96. The smallest absolute Gasteiger partial charge is 0.200 e. The zero-order valence-electron chi connectivity index (χ0n) is 12.9. The van der Waals surface area contributed by atoms with E-state index < -0.39 is 10.0 Å². The van der Waals surface area contributed by atoms with E-state index in [1.54, 1.807) is 30.3 Å². The molecule has 0 saturated heterocycles. The first kappa shape index (κ1) is 15.5. The van der Waals surface area contributed by atoms with Gasteiger partial charge in [-0.1, -0.05) is 54.1 Å². The molecule has 1 atom stereocenters. The summed E-state index contributed by atoms with van der Waals surface area (Å²) >= 11 is 0. The highest BCUT2D eigenvalue weighted by atomic mass is 32.2. The van der Waals surface area contributed by atoms with E-state index in [1.165, 1.54) is 4.41 Å². The molecule has 5 heteroatoms. The predicted octanol–water partition coefficient (Wildman–Crippen LogP) is 3.35. The summed E-state index contributed by atoms with van der Waals surface area (Å²) in [5, 5.41) is 4.37. The highest BCUT2D eigenvalue weighted by Gasteiger charge is 2.34. The molecule has 0 spiro atoms. The number of rotatable bonds is 4. The second kappa shape index (κ2) is 6.01. The summed E-state index contributed by atoms with van der Waals surface area (Å²) in [6, 6.07) is 16.0. The van der Waals surface area contributed by atoms with Crippen LogP contribution in [0.15, 0.2) is 77.2 Å². The highest BCUT2D eigenvalue weighted by Crippen LogP contribution is 2.27. The Kier molecular flexibility index (Phi) is 4.05. The SMILES string of the molecule is C=C[C@H]1CC(c2ccccc2)=NN1S(=O)(=O)c1ccc(C)cc1. The van der Waals surface area contributed by atoms with Gasteiger partial charge in [0, 0.05) is 6.42 Å². The maximum absolute atomic E-state index is 12.9. The van der Waals surface area contributed by atoms with Crippen LogP contribution in [0, 0.1) is 6.92 Å². The number of hydrogen-bond acceptors (Lipinski definition) is 3. The minimum Gasteiger partial charge on any atom is -0.200 e. The molecule has 1 heterocycles. The average Bonchev–Trinajstić information content (AvgIpc) is 3.01. The number of benzene rings is 2. The molecule has 0 fully saturated rings. The van der Waals surface area contributed by atoms with E-state index in [0.717, 1.165) is 16.8 Å². The van der Waals surface area contributed by atoms with E-state index in [-0.39, 0.29) is 10.9 Å². The molecular weight excluding hydrogens is 308 g/mol. The monoisotopic (exact) mass is 326 g/mol. The lowest BCUT2D eigenvalue weighted by Crippen LogP contribution is -2.31. The Morgan fingerprint density at radius 1 is 1.13 bits per heavy atom. The minimum atomic E-state index is -3.68. The van der Waals surface area contributed by atoms with Crippen LogP contribution in [0.3, 0.4) is 0 Å². The van der Waals surface area contributed by atoms with Gasteiger partial charge in [0.25, 0.3) is 10.0 Å². The molecular formula is C18H18N2O2S. The van der Waals surface area contributed by atoms with Gasteiger partial charge in [0.1, 0.15) is 0 Å². The lowest BCUT2D eigenvalue weighted by molar-refractivity contribution is 0.409. The molecule has 0 unspecified atom stereocenters. The molecule has 4 nitrogen and oxygen atoms in total. The van der Waals surface area contributed by atoms with E-state index in [4.69, 9.17) is 0 Å². The van der Waals surface area contributed by atoms with Crippen LogP contribution < -0.4 is 0 Å². The number of sulfonamides is 1. The van der Waals surface area contributed by atoms with Crippen molar-refractivity contribution in [3.05, 3.63) is 78.4 Å². The van der Waals surface area contributed by atoms with Crippen LogP contribution in [-0.2, 0) is 10.0 Å². The molecule has 1 aliphatic rings. The minimum absolute atomic E-state index is 0.244. The Labute approximate surface area is 136 Å². The molecule has 2 aromatic carbocycles. The van der Waals surface area contributed by atoms with Gasteiger partial charge in [-0.3, -0.25) is 0 Å². The van der Waals surface area contributed by atoms with Crippen molar-refractivity contribution in [2.45, 2.75) is 24.3 Å². The molecule has 0 bridgehead atoms. The highest BCUT2D eigenvalue weighted by molar-refractivity contribution is 7.89. The quantitative estimate of drug-likeness (QED) is 0.809. The first-order chi connectivity index (χ1) is 11.0. The third-order valence-corrected chi connectivity index (χ3v) is 5.56. The van der Waals surface area contributed by atoms with Gasteiger partial charge >= 0.3 is 0 Å². The van der Waals surface area contributed by atoms with Crippen LogP contribution >= 0.6 is 0 Å². The van der Waals surface area contributed by atoms with Gasteiger partial charge in [0.2, 0.25) is 0 Å². The first-order valence-corrected chi connectivity index (χ1v) is 8.83. The number of nitrogens with zero attached hydrogens (tertiary/aromatic N) is 2. The Hall–Kier alpha value is -2.40. The van der Waals surface area contributed by atoms with Gasteiger partial charge < -0.3 is 0 Å². The summed E-state index contributed by atoms with van der Waals surface area (Å²) in [4.78, 5) is 0.244. The standard InChI is InChI=1S/C18H18N2O2S/c1-3-16-13-18(15-7-5-4-6-8-15)19-20(16)23(21,22)17-11-9-14(2)10-12-17/h3-12,16H,1,13H2,2H3/t16-/m0/s1. The van der Waals surface area contributed by atoms with Crippen molar-refractivity contribution in [1.29, 1.82) is 0 Å². The van der Waals surface area contributed by atoms with Crippen LogP contribution in [0.1, 0.15) is 17.5 Å². The summed E-state index contributed by atoms with van der Waals surface area (Å²) in [6.07, 6.45) is 2.16. The Morgan fingerprint density at radius 3 is 2.39 bits per heavy atom. The lowest BCUT2D eigenvalue weighted by atomic mass is 10.0. The van der Waals surface area contributed by atoms with E-state index in [2.05, 4.69) is 11.7 Å². The molecule has 0 radical (unpaired) electrons. The Bertz CT molecular complexity index is 840. The second-order valence-corrected chi connectivity index (χ2v) is 7.31. The van der Waals surface area contributed by atoms with Crippen LogP contribution in [-0.4, -0.2) is 24.6 Å². The first-order valence-electron chi connectivity index (χ1n) is 7.39. The molecule has 0 aromatic heterocycles. The third-order valence-electron chi connectivity index (χ3n) is 3.85. The van der Waals surface area contributed by atoms with Crippen molar-refractivity contribution >= 4 is 15.7 Å². The van der Waals surface area contributed by atoms with Gasteiger partial charge in [-0.05, 0) is 24.6 Å². The van der Waals surface area contributed by atoms with E-state index in [9.17, 15) is 8.42 Å². The zero-order valence-corrected chi connectivity index (χ0v) is 13.7. The van der Waals surface area contributed by atoms with Crippen molar-refractivity contribution in [2.24, 2.45) is 5.10 Å². The third kappa shape index (κ3) is 2.92. The topological polar surface area (TPSA) is 49.7 Å². The number of aryl methyl sites for hydroxylation is 1. The summed E-state index contributed by atoms with van der Waals surface area (Å²) in [7, 11) is -3.68. The fraction of sp³-hybridized carbons (Fsp3) is 0.167. The van der Waals surface area contributed by atoms with E-state index in [1.807, 2.05) is 37.3 Å². The average molecular weight is 326 g/mol. The molecule has 0 N–H and O–H groups in total. The normalized spacial score (nSPS) is 17.9. The van der Waals surface area contributed by atoms with Crippen molar-refractivity contribution in [3.8, 4) is 0 Å². The van der Waals surface area contributed by atoms with Gasteiger partial charge in [0.05, 0.1) is 16.6 Å². The molecule has 3 rings (SSSR count). The van der Waals surface area contributed by atoms with Crippen molar-refractivity contribution in [1.82, 2.24) is 4.41 Å². The largest absolute Gasteiger partial charge is 0.279 e. The van der Waals surface area contributed by atoms with E-state index >= 15 is 0 Å². The molecule has 118 valence electrons. The molecule has 0 amide bonds. The molecule has 0 saturated carbocycles. The molecule has 0 aliphatic carbocycles. The van der Waals surface area contributed by atoms with Gasteiger partial charge in [-0.25, -0.2) is 0 Å². The fourth-order valence-electron chi connectivity index (χ4n) is 2.54. The summed E-state index contributed by atoms with van der Waals surface area (Å²) in [5.41, 5.74) is 2.70.